The van der Waals surface area contributed by atoms with E-state index in [0.29, 0.717) is 5.56 Å². The molecule has 0 atom stereocenters. The molecule has 2 aromatic rings. The Balaban J connectivity index is 2.57. The molecule has 0 aromatic carbocycles. The normalized spacial score (nSPS) is 10.2. The van der Waals surface area contributed by atoms with Gasteiger partial charge in [-0.05, 0) is 26.3 Å². The first-order valence-corrected chi connectivity index (χ1v) is 7.16. The van der Waals surface area contributed by atoms with Crippen LogP contribution < -0.4 is 5.32 Å². The van der Waals surface area contributed by atoms with Crippen molar-refractivity contribution in [3.8, 4) is 17.3 Å². The van der Waals surface area contributed by atoms with Gasteiger partial charge in [-0.25, -0.2) is 9.97 Å². The maximum Gasteiger partial charge on any atom is 0.133 e. The van der Waals surface area contributed by atoms with Gasteiger partial charge in [0.2, 0.25) is 0 Å². The minimum Gasteiger partial charge on any atom is -0.370 e. The maximum absolute atomic E-state index is 9.02. The van der Waals surface area contributed by atoms with Crippen LogP contribution in [0.15, 0.2) is 18.5 Å². The second kappa shape index (κ2) is 6.80. The van der Waals surface area contributed by atoms with Crippen LogP contribution in [0.4, 0.5) is 5.82 Å². The summed E-state index contributed by atoms with van der Waals surface area (Å²) in [6.45, 7) is 6.94. The fourth-order valence-corrected chi connectivity index (χ4v) is 2.15. The molecule has 0 bridgehead atoms. The molecule has 2 rings (SSSR count). The van der Waals surface area contributed by atoms with Gasteiger partial charge in [0.25, 0.3) is 0 Å². The second-order valence-corrected chi connectivity index (χ2v) is 4.82. The SMILES string of the molecule is CCCc1nc(NCC)c(C)c(-c2cncc(C#N)c2)n1. The van der Waals surface area contributed by atoms with Gasteiger partial charge >= 0.3 is 0 Å². The van der Waals surface area contributed by atoms with Crippen LogP contribution in [0.3, 0.4) is 0 Å². The Bertz CT molecular complexity index is 673. The maximum atomic E-state index is 9.02. The zero-order valence-electron chi connectivity index (χ0n) is 12.6. The topological polar surface area (TPSA) is 74.5 Å². The van der Waals surface area contributed by atoms with Crippen molar-refractivity contribution in [2.45, 2.75) is 33.6 Å². The average molecular weight is 281 g/mol. The number of aryl methyl sites for hydroxylation is 1. The van der Waals surface area contributed by atoms with Crippen LogP contribution in [0.25, 0.3) is 11.3 Å². The Morgan fingerprint density at radius 2 is 2.05 bits per heavy atom. The Labute approximate surface area is 125 Å². The van der Waals surface area contributed by atoms with Gasteiger partial charge in [-0.1, -0.05) is 6.92 Å². The van der Waals surface area contributed by atoms with E-state index in [1.165, 1.54) is 0 Å². The number of aromatic nitrogens is 3. The largest absolute Gasteiger partial charge is 0.370 e. The molecule has 0 fully saturated rings. The van der Waals surface area contributed by atoms with E-state index in [1.54, 1.807) is 12.4 Å². The van der Waals surface area contributed by atoms with Gasteiger partial charge in [-0.2, -0.15) is 5.26 Å². The number of pyridine rings is 1. The second-order valence-electron chi connectivity index (χ2n) is 4.82. The lowest BCUT2D eigenvalue weighted by Gasteiger charge is -2.13. The molecule has 0 aliphatic rings. The fraction of sp³-hybridized carbons (Fsp3) is 0.375. The zero-order valence-corrected chi connectivity index (χ0v) is 12.6. The van der Waals surface area contributed by atoms with Crippen molar-refractivity contribution in [2.75, 3.05) is 11.9 Å². The highest BCUT2D eigenvalue weighted by molar-refractivity contribution is 5.68. The van der Waals surface area contributed by atoms with Crippen LogP contribution in [0.5, 0.6) is 0 Å². The first-order valence-electron chi connectivity index (χ1n) is 7.16. The van der Waals surface area contributed by atoms with Gasteiger partial charge in [-0.3, -0.25) is 4.98 Å². The molecular weight excluding hydrogens is 262 g/mol. The van der Waals surface area contributed by atoms with E-state index in [1.807, 2.05) is 19.9 Å². The number of hydrogen-bond donors (Lipinski definition) is 1. The molecule has 108 valence electrons. The first-order chi connectivity index (χ1) is 10.2. The van der Waals surface area contributed by atoms with Crippen LogP contribution in [0.1, 0.15) is 37.2 Å². The molecule has 0 saturated heterocycles. The molecule has 1 N–H and O–H groups in total. The molecule has 0 radical (unpaired) electrons. The van der Waals surface area contributed by atoms with Crippen LogP contribution in [-0.2, 0) is 6.42 Å². The standard InChI is InChI=1S/C16H19N5/c1-4-6-14-20-15(11(3)16(21-14)19-5-2)13-7-12(8-17)9-18-10-13/h7,9-10H,4-6H2,1-3H3,(H,19,20,21). The van der Waals surface area contributed by atoms with E-state index in [-0.39, 0.29) is 0 Å². The number of hydrogen-bond acceptors (Lipinski definition) is 5. The molecule has 0 amide bonds. The Morgan fingerprint density at radius 3 is 2.71 bits per heavy atom. The molecule has 2 heterocycles. The minimum absolute atomic E-state index is 0.535. The van der Waals surface area contributed by atoms with Gasteiger partial charge in [0, 0.05) is 36.5 Å². The summed E-state index contributed by atoms with van der Waals surface area (Å²) in [5.41, 5.74) is 3.21. The van der Waals surface area contributed by atoms with E-state index in [4.69, 9.17) is 5.26 Å². The lowest BCUT2D eigenvalue weighted by Crippen LogP contribution is -2.08. The molecule has 0 aliphatic heterocycles. The summed E-state index contributed by atoms with van der Waals surface area (Å²) in [4.78, 5) is 13.3. The molecule has 0 aliphatic carbocycles. The summed E-state index contributed by atoms with van der Waals surface area (Å²) in [6.07, 6.45) is 5.11. The van der Waals surface area contributed by atoms with Crippen LogP contribution >= 0.6 is 0 Å². The summed E-state index contributed by atoms with van der Waals surface area (Å²) >= 11 is 0. The van der Waals surface area contributed by atoms with Crippen molar-refractivity contribution in [1.29, 1.82) is 5.26 Å². The molecule has 0 spiro atoms. The molecule has 2 aromatic heterocycles. The van der Waals surface area contributed by atoms with Gasteiger partial charge in [0.1, 0.15) is 17.7 Å². The van der Waals surface area contributed by atoms with E-state index in [0.717, 1.165) is 47.8 Å². The lowest BCUT2D eigenvalue weighted by atomic mass is 10.1. The molecule has 0 saturated carbocycles. The van der Waals surface area contributed by atoms with Gasteiger partial charge in [-0.15, -0.1) is 0 Å². The van der Waals surface area contributed by atoms with E-state index in [9.17, 15) is 0 Å². The quantitative estimate of drug-likeness (QED) is 0.911. The number of nitrogens with one attached hydrogen (secondary N) is 1. The Kier molecular flexibility index (Phi) is 4.83. The van der Waals surface area contributed by atoms with Crippen LogP contribution in [-0.4, -0.2) is 21.5 Å². The highest BCUT2D eigenvalue weighted by atomic mass is 15.0. The summed E-state index contributed by atoms with van der Waals surface area (Å²) in [5.74, 6) is 1.67. The van der Waals surface area contributed by atoms with Gasteiger partial charge in [0.05, 0.1) is 11.3 Å². The number of nitriles is 1. The monoisotopic (exact) mass is 281 g/mol. The Morgan fingerprint density at radius 1 is 1.24 bits per heavy atom. The highest BCUT2D eigenvalue weighted by Gasteiger charge is 2.12. The van der Waals surface area contributed by atoms with Gasteiger partial charge < -0.3 is 5.32 Å². The zero-order chi connectivity index (χ0) is 15.2. The van der Waals surface area contributed by atoms with Crippen LogP contribution in [0, 0.1) is 18.3 Å². The van der Waals surface area contributed by atoms with E-state index >= 15 is 0 Å². The average Bonchev–Trinajstić information content (AvgIpc) is 2.51. The third kappa shape index (κ3) is 3.34. The summed E-state index contributed by atoms with van der Waals surface area (Å²) in [7, 11) is 0. The van der Waals surface area contributed by atoms with Crippen molar-refractivity contribution in [1.82, 2.24) is 15.0 Å². The molecule has 5 heteroatoms. The number of rotatable bonds is 5. The predicted molar refractivity (Wildman–Crippen MR) is 82.9 cm³/mol. The number of nitrogens with zero attached hydrogens (tertiary/aromatic N) is 4. The van der Waals surface area contributed by atoms with Crippen molar-refractivity contribution in [3.05, 3.63) is 35.4 Å². The van der Waals surface area contributed by atoms with Crippen molar-refractivity contribution in [3.63, 3.8) is 0 Å². The minimum atomic E-state index is 0.535. The summed E-state index contributed by atoms with van der Waals surface area (Å²) in [6, 6.07) is 3.93. The van der Waals surface area contributed by atoms with E-state index < -0.39 is 0 Å². The van der Waals surface area contributed by atoms with Crippen molar-refractivity contribution >= 4 is 5.82 Å². The third-order valence-electron chi connectivity index (χ3n) is 3.15. The first kappa shape index (κ1) is 14.9. The Hall–Kier alpha value is -2.48. The molecular formula is C16H19N5. The third-order valence-corrected chi connectivity index (χ3v) is 3.15. The lowest BCUT2D eigenvalue weighted by molar-refractivity contribution is 0.833. The van der Waals surface area contributed by atoms with Crippen molar-refractivity contribution < 1.29 is 0 Å². The molecule has 5 nitrogen and oxygen atoms in total. The predicted octanol–water partition coefficient (Wildman–Crippen LogP) is 3.10. The van der Waals surface area contributed by atoms with Crippen molar-refractivity contribution in [2.24, 2.45) is 0 Å². The highest BCUT2D eigenvalue weighted by Crippen LogP contribution is 2.26. The smallest absolute Gasteiger partial charge is 0.133 e. The van der Waals surface area contributed by atoms with Crippen LogP contribution in [0.2, 0.25) is 0 Å². The summed E-state index contributed by atoms with van der Waals surface area (Å²) in [5, 5.41) is 12.3. The fourth-order valence-electron chi connectivity index (χ4n) is 2.15. The van der Waals surface area contributed by atoms with Gasteiger partial charge in [0.15, 0.2) is 0 Å². The summed E-state index contributed by atoms with van der Waals surface area (Å²) < 4.78 is 0. The number of anilines is 1. The van der Waals surface area contributed by atoms with E-state index in [2.05, 4.69) is 33.3 Å². The molecule has 0 unspecified atom stereocenters. The molecule has 21 heavy (non-hydrogen) atoms.